The van der Waals surface area contributed by atoms with Crippen molar-refractivity contribution in [2.45, 2.75) is 38.8 Å². The van der Waals surface area contributed by atoms with Gasteiger partial charge in [-0.1, -0.05) is 13.0 Å². The first kappa shape index (κ1) is 17.5. The number of guanidine groups is 1. The molecule has 23 heavy (non-hydrogen) atoms. The zero-order valence-corrected chi connectivity index (χ0v) is 14.0. The van der Waals surface area contributed by atoms with Crippen molar-refractivity contribution in [3.8, 4) is 5.75 Å². The lowest BCUT2D eigenvalue weighted by Crippen LogP contribution is -2.48. The highest BCUT2D eigenvalue weighted by Crippen LogP contribution is 2.16. The van der Waals surface area contributed by atoms with Crippen LogP contribution in [0.15, 0.2) is 23.2 Å². The smallest absolute Gasteiger partial charge is 0.191 e. The maximum atomic E-state index is 13.3. The molecule has 0 radical (unpaired) electrons. The number of nitrogens with zero attached hydrogens (tertiary/aromatic N) is 2. The molecule has 1 heterocycles. The number of likely N-dealkylation sites (tertiary alicyclic amines) is 1. The number of rotatable bonds is 5. The third-order valence-electron chi connectivity index (χ3n) is 4.16. The minimum Gasteiger partial charge on any atom is -0.505 e. The lowest BCUT2D eigenvalue weighted by molar-refractivity contribution is 0.206. The number of nitrogens with one attached hydrogen (secondary N) is 2. The second-order valence-corrected chi connectivity index (χ2v) is 5.97. The molecule has 0 aliphatic carbocycles. The lowest BCUT2D eigenvalue weighted by atomic mass is 10.1. The van der Waals surface area contributed by atoms with Crippen LogP contribution in [0.1, 0.15) is 31.7 Å². The summed E-state index contributed by atoms with van der Waals surface area (Å²) in [7, 11) is 1.74. The van der Waals surface area contributed by atoms with Crippen molar-refractivity contribution < 1.29 is 9.50 Å². The Labute approximate surface area is 137 Å². The molecule has 0 unspecified atom stereocenters. The summed E-state index contributed by atoms with van der Waals surface area (Å²) in [6.45, 7) is 6.08. The van der Waals surface area contributed by atoms with Gasteiger partial charge in [0.25, 0.3) is 0 Å². The van der Waals surface area contributed by atoms with Crippen LogP contribution in [0.3, 0.4) is 0 Å². The van der Waals surface area contributed by atoms with Gasteiger partial charge in [-0.25, -0.2) is 4.39 Å². The molecule has 2 rings (SSSR count). The van der Waals surface area contributed by atoms with Crippen LogP contribution in [0.4, 0.5) is 4.39 Å². The first-order chi connectivity index (χ1) is 11.1. The van der Waals surface area contributed by atoms with E-state index in [4.69, 9.17) is 0 Å². The summed E-state index contributed by atoms with van der Waals surface area (Å²) in [4.78, 5) is 6.72. The van der Waals surface area contributed by atoms with E-state index >= 15 is 0 Å². The van der Waals surface area contributed by atoms with Gasteiger partial charge in [0.05, 0.1) is 0 Å². The standard InChI is InChI=1S/C17H27FN4O/c1-3-8-22-9-6-14(7-10-22)21-17(19-2)20-12-13-4-5-16(23)15(18)11-13/h4-5,11,14,23H,3,6-10,12H2,1-2H3,(H2,19,20,21). The number of phenols is 1. The molecule has 0 saturated carbocycles. The third-order valence-corrected chi connectivity index (χ3v) is 4.16. The predicted molar refractivity (Wildman–Crippen MR) is 91.2 cm³/mol. The zero-order chi connectivity index (χ0) is 16.7. The molecule has 1 aliphatic heterocycles. The van der Waals surface area contributed by atoms with E-state index in [0.717, 1.165) is 37.5 Å². The fourth-order valence-electron chi connectivity index (χ4n) is 2.85. The molecule has 1 aliphatic rings. The van der Waals surface area contributed by atoms with Gasteiger partial charge < -0.3 is 20.6 Å². The summed E-state index contributed by atoms with van der Waals surface area (Å²) in [6, 6.07) is 4.82. The van der Waals surface area contributed by atoms with Gasteiger partial charge in [-0.05, 0) is 43.5 Å². The first-order valence-electron chi connectivity index (χ1n) is 8.29. The molecule has 6 heteroatoms. The summed E-state index contributed by atoms with van der Waals surface area (Å²) in [5, 5.41) is 15.8. The van der Waals surface area contributed by atoms with Crippen molar-refractivity contribution in [2.24, 2.45) is 4.99 Å². The second-order valence-electron chi connectivity index (χ2n) is 5.97. The first-order valence-corrected chi connectivity index (χ1v) is 8.29. The molecule has 0 atom stereocenters. The average molecular weight is 322 g/mol. The normalized spacial score (nSPS) is 17.3. The molecule has 5 nitrogen and oxygen atoms in total. The van der Waals surface area contributed by atoms with Crippen molar-refractivity contribution in [3.05, 3.63) is 29.6 Å². The molecule has 1 aromatic carbocycles. The van der Waals surface area contributed by atoms with E-state index in [2.05, 4.69) is 27.4 Å². The van der Waals surface area contributed by atoms with Crippen LogP contribution in [-0.4, -0.2) is 48.7 Å². The molecule has 1 fully saturated rings. The van der Waals surface area contributed by atoms with Gasteiger partial charge in [0, 0.05) is 32.7 Å². The molecular weight excluding hydrogens is 295 g/mol. The Balaban J connectivity index is 1.78. The Kier molecular flexibility index (Phi) is 6.65. The second kappa shape index (κ2) is 8.72. The van der Waals surface area contributed by atoms with E-state index in [1.807, 2.05) is 0 Å². The maximum Gasteiger partial charge on any atom is 0.191 e. The quantitative estimate of drug-likeness (QED) is 0.574. The molecule has 0 bridgehead atoms. The van der Waals surface area contributed by atoms with Crippen molar-refractivity contribution in [1.82, 2.24) is 15.5 Å². The SMILES string of the molecule is CCCN1CCC(NC(=NC)NCc2ccc(O)c(F)c2)CC1. The summed E-state index contributed by atoms with van der Waals surface area (Å²) in [6.07, 6.45) is 3.41. The summed E-state index contributed by atoms with van der Waals surface area (Å²) < 4.78 is 13.3. The highest BCUT2D eigenvalue weighted by Gasteiger charge is 2.19. The largest absolute Gasteiger partial charge is 0.505 e. The van der Waals surface area contributed by atoms with Gasteiger partial charge in [-0.2, -0.15) is 0 Å². The molecule has 0 aromatic heterocycles. The number of phenolic OH excluding ortho intramolecular Hbond substituents is 1. The van der Waals surface area contributed by atoms with Crippen molar-refractivity contribution in [2.75, 3.05) is 26.7 Å². The minimum atomic E-state index is -0.601. The van der Waals surface area contributed by atoms with E-state index in [1.165, 1.54) is 25.1 Å². The van der Waals surface area contributed by atoms with Gasteiger partial charge in [0.2, 0.25) is 0 Å². The molecule has 128 valence electrons. The van der Waals surface area contributed by atoms with Gasteiger partial charge in [0.1, 0.15) is 0 Å². The van der Waals surface area contributed by atoms with Gasteiger partial charge in [-0.15, -0.1) is 0 Å². The van der Waals surface area contributed by atoms with Crippen LogP contribution in [-0.2, 0) is 6.54 Å². The van der Waals surface area contributed by atoms with Crippen LogP contribution >= 0.6 is 0 Å². The number of aliphatic imine (C=N–C) groups is 1. The van der Waals surface area contributed by atoms with Crippen LogP contribution < -0.4 is 10.6 Å². The maximum absolute atomic E-state index is 13.3. The lowest BCUT2D eigenvalue weighted by Gasteiger charge is -2.32. The number of halogens is 1. The van der Waals surface area contributed by atoms with Gasteiger partial charge in [0.15, 0.2) is 17.5 Å². The average Bonchev–Trinajstić information content (AvgIpc) is 2.56. The van der Waals surface area contributed by atoms with E-state index < -0.39 is 5.82 Å². The Hall–Kier alpha value is -1.82. The van der Waals surface area contributed by atoms with Crippen molar-refractivity contribution >= 4 is 5.96 Å². The van der Waals surface area contributed by atoms with E-state index in [0.29, 0.717) is 12.6 Å². The van der Waals surface area contributed by atoms with Gasteiger partial charge in [-0.3, -0.25) is 4.99 Å². The molecule has 1 aromatic rings. The Bertz CT molecular complexity index is 527. The van der Waals surface area contributed by atoms with E-state index in [9.17, 15) is 9.50 Å². The fourth-order valence-corrected chi connectivity index (χ4v) is 2.85. The predicted octanol–water partition coefficient (Wildman–Crippen LogP) is 2.07. The molecule has 0 amide bonds. The summed E-state index contributed by atoms with van der Waals surface area (Å²) in [5.74, 6) is -0.196. The molecule has 0 spiro atoms. The number of benzene rings is 1. The van der Waals surface area contributed by atoms with Crippen molar-refractivity contribution in [3.63, 3.8) is 0 Å². The number of aromatic hydroxyl groups is 1. The number of hydrogen-bond acceptors (Lipinski definition) is 3. The Morgan fingerprint density at radius 2 is 2.13 bits per heavy atom. The van der Waals surface area contributed by atoms with E-state index in [-0.39, 0.29) is 5.75 Å². The summed E-state index contributed by atoms with van der Waals surface area (Å²) in [5.41, 5.74) is 0.765. The highest BCUT2D eigenvalue weighted by atomic mass is 19.1. The fraction of sp³-hybridized carbons (Fsp3) is 0.588. The topological polar surface area (TPSA) is 59.9 Å². The molecular formula is C17H27FN4O. The van der Waals surface area contributed by atoms with E-state index in [1.54, 1.807) is 13.1 Å². The van der Waals surface area contributed by atoms with Crippen LogP contribution in [0, 0.1) is 5.82 Å². The van der Waals surface area contributed by atoms with Crippen LogP contribution in [0.2, 0.25) is 0 Å². The minimum absolute atomic E-state index is 0.324. The monoisotopic (exact) mass is 322 g/mol. The van der Waals surface area contributed by atoms with Crippen LogP contribution in [0.25, 0.3) is 0 Å². The number of hydrogen-bond donors (Lipinski definition) is 3. The van der Waals surface area contributed by atoms with Gasteiger partial charge >= 0.3 is 0 Å². The summed E-state index contributed by atoms with van der Waals surface area (Å²) >= 11 is 0. The Morgan fingerprint density at radius 1 is 1.39 bits per heavy atom. The molecule has 3 N–H and O–H groups in total. The van der Waals surface area contributed by atoms with Crippen molar-refractivity contribution in [1.29, 1.82) is 0 Å². The zero-order valence-electron chi connectivity index (χ0n) is 14.0. The highest BCUT2D eigenvalue weighted by molar-refractivity contribution is 5.79. The third kappa shape index (κ3) is 5.39. The molecule has 1 saturated heterocycles. The van der Waals surface area contributed by atoms with Crippen LogP contribution in [0.5, 0.6) is 5.75 Å². The number of piperidine rings is 1. The Morgan fingerprint density at radius 3 is 2.74 bits per heavy atom.